The quantitative estimate of drug-likeness (QED) is 0.788. The summed E-state index contributed by atoms with van der Waals surface area (Å²) in [6, 6.07) is 3.31. The number of carbonyl (C=O) groups is 1. The van der Waals surface area contributed by atoms with Gasteiger partial charge in [0.2, 0.25) is 0 Å². The Morgan fingerprint density at radius 3 is 2.88 bits per heavy atom. The first-order valence-electron chi connectivity index (χ1n) is 5.24. The minimum atomic E-state index is -0.382. The van der Waals surface area contributed by atoms with Crippen LogP contribution in [0.4, 0.5) is 0 Å². The molecule has 0 spiro atoms. The standard InChI is InChI=1S/C11H13ClN2O2/c1-2-8-3-7(4-10(12)13-8)11(16)14-5-9(15)6-14/h3-4,9,15H,2,5-6H2,1H3. The fraction of sp³-hybridized carbons (Fsp3) is 0.455. The number of pyridine rings is 1. The molecule has 0 atom stereocenters. The zero-order valence-corrected chi connectivity index (χ0v) is 9.74. The Hall–Kier alpha value is -1.13. The monoisotopic (exact) mass is 240 g/mol. The second kappa shape index (κ2) is 4.39. The van der Waals surface area contributed by atoms with Crippen molar-refractivity contribution < 1.29 is 9.90 Å². The second-order valence-corrected chi connectivity index (χ2v) is 4.27. The van der Waals surface area contributed by atoms with E-state index in [1.807, 2.05) is 6.92 Å². The van der Waals surface area contributed by atoms with E-state index in [0.29, 0.717) is 23.8 Å². The molecule has 86 valence electrons. The minimum Gasteiger partial charge on any atom is -0.389 e. The van der Waals surface area contributed by atoms with Crippen LogP contribution in [0.25, 0.3) is 0 Å². The molecule has 2 heterocycles. The molecule has 0 unspecified atom stereocenters. The minimum absolute atomic E-state index is 0.0932. The van der Waals surface area contributed by atoms with Gasteiger partial charge in [0.05, 0.1) is 6.10 Å². The van der Waals surface area contributed by atoms with Gasteiger partial charge in [-0.05, 0) is 18.6 Å². The Labute approximate surface area is 98.9 Å². The normalized spacial score (nSPS) is 16.1. The number of aromatic nitrogens is 1. The molecule has 5 heteroatoms. The number of aliphatic hydroxyl groups excluding tert-OH is 1. The maximum Gasteiger partial charge on any atom is 0.254 e. The number of aryl methyl sites for hydroxylation is 1. The summed E-state index contributed by atoms with van der Waals surface area (Å²) in [6.07, 6.45) is 0.357. The van der Waals surface area contributed by atoms with Crippen LogP contribution in [0.5, 0.6) is 0 Å². The third-order valence-corrected chi connectivity index (χ3v) is 2.80. The molecule has 1 aromatic rings. The first-order chi connectivity index (χ1) is 7.60. The molecule has 1 aromatic heterocycles. The molecule has 1 amide bonds. The van der Waals surface area contributed by atoms with Crippen LogP contribution >= 0.6 is 11.6 Å². The molecule has 1 fully saturated rings. The maximum atomic E-state index is 11.9. The Balaban J connectivity index is 2.19. The van der Waals surface area contributed by atoms with E-state index in [-0.39, 0.29) is 12.0 Å². The number of hydrogen-bond donors (Lipinski definition) is 1. The highest BCUT2D eigenvalue weighted by molar-refractivity contribution is 6.29. The van der Waals surface area contributed by atoms with Gasteiger partial charge in [0, 0.05) is 24.3 Å². The summed E-state index contributed by atoms with van der Waals surface area (Å²) in [7, 11) is 0. The van der Waals surface area contributed by atoms with Crippen molar-refractivity contribution in [3.8, 4) is 0 Å². The lowest BCUT2D eigenvalue weighted by Gasteiger charge is -2.35. The molecule has 1 aliphatic rings. The molecule has 0 aromatic carbocycles. The summed E-state index contributed by atoms with van der Waals surface area (Å²) < 4.78 is 0. The van der Waals surface area contributed by atoms with E-state index >= 15 is 0 Å². The molecule has 0 aliphatic carbocycles. The van der Waals surface area contributed by atoms with E-state index in [1.165, 1.54) is 0 Å². The van der Waals surface area contributed by atoms with Gasteiger partial charge < -0.3 is 10.0 Å². The highest BCUT2D eigenvalue weighted by atomic mass is 35.5. The number of amides is 1. The van der Waals surface area contributed by atoms with Crippen molar-refractivity contribution >= 4 is 17.5 Å². The van der Waals surface area contributed by atoms with Crippen molar-refractivity contribution in [1.29, 1.82) is 0 Å². The number of aliphatic hydroxyl groups is 1. The summed E-state index contributed by atoms with van der Waals surface area (Å²) in [6.45, 7) is 2.76. The van der Waals surface area contributed by atoms with Crippen LogP contribution in [-0.4, -0.2) is 40.1 Å². The third-order valence-electron chi connectivity index (χ3n) is 2.61. The lowest BCUT2D eigenvalue weighted by molar-refractivity contribution is 0.00588. The number of likely N-dealkylation sites (tertiary alicyclic amines) is 1. The van der Waals surface area contributed by atoms with E-state index in [0.717, 1.165) is 12.1 Å². The molecular formula is C11H13ClN2O2. The van der Waals surface area contributed by atoms with Crippen LogP contribution < -0.4 is 0 Å². The smallest absolute Gasteiger partial charge is 0.254 e. The molecule has 1 aliphatic heterocycles. The van der Waals surface area contributed by atoms with Crippen molar-refractivity contribution in [3.63, 3.8) is 0 Å². The third kappa shape index (κ3) is 2.18. The number of halogens is 1. The lowest BCUT2D eigenvalue weighted by Crippen LogP contribution is -2.53. The molecular weight excluding hydrogens is 228 g/mol. The van der Waals surface area contributed by atoms with E-state index in [9.17, 15) is 4.79 Å². The van der Waals surface area contributed by atoms with Gasteiger partial charge in [-0.3, -0.25) is 4.79 Å². The summed E-state index contributed by atoms with van der Waals surface area (Å²) in [5, 5.41) is 9.47. The Bertz CT molecular complexity index is 416. The Morgan fingerprint density at radius 1 is 1.62 bits per heavy atom. The highest BCUT2D eigenvalue weighted by Gasteiger charge is 2.29. The van der Waals surface area contributed by atoms with Crippen LogP contribution in [0.3, 0.4) is 0 Å². The van der Waals surface area contributed by atoms with Crippen LogP contribution in [0.2, 0.25) is 5.15 Å². The molecule has 0 bridgehead atoms. The molecule has 1 saturated heterocycles. The molecule has 0 radical (unpaired) electrons. The number of hydrogen-bond acceptors (Lipinski definition) is 3. The van der Waals surface area contributed by atoms with E-state index in [4.69, 9.17) is 16.7 Å². The number of β-amino-alcohol motifs (C(OH)–C–C–N with tert-alkyl or cyclic N) is 1. The molecule has 2 rings (SSSR count). The molecule has 1 N–H and O–H groups in total. The zero-order valence-electron chi connectivity index (χ0n) is 8.98. The second-order valence-electron chi connectivity index (χ2n) is 3.89. The van der Waals surface area contributed by atoms with E-state index in [1.54, 1.807) is 17.0 Å². The van der Waals surface area contributed by atoms with Gasteiger partial charge in [0.1, 0.15) is 5.15 Å². The first kappa shape index (κ1) is 11.4. The van der Waals surface area contributed by atoms with Crippen LogP contribution in [0, 0.1) is 0 Å². The number of carbonyl (C=O) groups excluding carboxylic acids is 1. The van der Waals surface area contributed by atoms with Gasteiger partial charge in [0.15, 0.2) is 0 Å². The Kier molecular flexibility index (Phi) is 3.12. The average Bonchev–Trinajstić information content (AvgIpc) is 2.23. The van der Waals surface area contributed by atoms with Gasteiger partial charge in [-0.15, -0.1) is 0 Å². The number of rotatable bonds is 2. The van der Waals surface area contributed by atoms with Crippen LogP contribution in [0.15, 0.2) is 12.1 Å². The number of nitrogens with zero attached hydrogens (tertiary/aromatic N) is 2. The lowest BCUT2D eigenvalue weighted by atomic mass is 10.1. The summed E-state index contributed by atoms with van der Waals surface area (Å²) in [4.78, 5) is 17.6. The topological polar surface area (TPSA) is 53.4 Å². The SMILES string of the molecule is CCc1cc(C(=O)N2CC(O)C2)cc(Cl)n1. The van der Waals surface area contributed by atoms with Gasteiger partial charge in [0.25, 0.3) is 5.91 Å². The van der Waals surface area contributed by atoms with Crippen molar-refractivity contribution in [2.24, 2.45) is 0 Å². The van der Waals surface area contributed by atoms with Crippen LogP contribution in [-0.2, 0) is 6.42 Å². The zero-order chi connectivity index (χ0) is 11.7. The molecule has 4 nitrogen and oxygen atoms in total. The predicted molar refractivity (Wildman–Crippen MR) is 60.5 cm³/mol. The molecule has 0 saturated carbocycles. The first-order valence-corrected chi connectivity index (χ1v) is 5.61. The maximum absolute atomic E-state index is 11.9. The highest BCUT2D eigenvalue weighted by Crippen LogP contribution is 2.17. The predicted octanol–water partition coefficient (Wildman–Crippen LogP) is 1.11. The fourth-order valence-corrected chi connectivity index (χ4v) is 1.89. The Morgan fingerprint density at radius 2 is 2.31 bits per heavy atom. The van der Waals surface area contributed by atoms with Gasteiger partial charge >= 0.3 is 0 Å². The summed E-state index contributed by atoms with van der Waals surface area (Å²) >= 11 is 5.84. The van der Waals surface area contributed by atoms with Crippen molar-refractivity contribution in [3.05, 3.63) is 28.5 Å². The summed E-state index contributed by atoms with van der Waals surface area (Å²) in [5.41, 5.74) is 1.35. The largest absolute Gasteiger partial charge is 0.389 e. The average molecular weight is 241 g/mol. The van der Waals surface area contributed by atoms with Gasteiger partial charge in [-0.2, -0.15) is 0 Å². The van der Waals surface area contributed by atoms with Crippen LogP contribution in [0.1, 0.15) is 23.0 Å². The van der Waals surface area contributed by atoms with Crippen molar-refractivity contribution in [2.75, 3.05) is 13.1 Å². The van der Waals surface area contributed by atoms with Gasteiger partial charge in [-0.25, -0.2) is 4.98 Å². The van der Waals surface area contributed by atoms with E-state index < -0.39 is 0 Å². The van der Waals surface area contributed by atoms with Gasteiger partial charge in [-0.1, -0.05) is 18.5 Å². The molecule has 16 heavy (non-hydrogen) atoms. The van der Waals surface area contributed by atoms with Crippen molar-refractivity contribution in [2.45, 2.75) is 19.4 Å². The van der Waals surface area contributed by atoms with E-state index in [2.05, 4.69) is 4.98 Å². The van der Waals surface area contributed by atoms with Crippen molar-refractivity contribution in [1.82, 2.24) is 9.88 Å². The fourth-order valence-electron chi connectivity index (χ4n) is 1.66. The summed E-state index contributed by atoms with van der Waals surface area (Å²) in [5.74, 6) is -0.0932.